The van der Waals surface area contributed by atoms with Crippen molar-refractivity contribution < 1.29 is 19.1 Å². The van der Waals surface area contributed by atoms with Crippen LogP contribution < -0.4 is 19.7 Å². The molecular weight excluding hydrogens is 380 g/mol. The van der Waals surface area contributed by atoms with Gasteiger partial charge in [0.25, 0.3) is 0 Å². The van der Waals surface area contributed by atoms with Crippen molar-refractivity contribution in [3.8, 4) is 11.5 Å². The second kappa shape index (κ2) is 8.55. The highest BCUT2D eigenvalue weighted by atomic mass is 32.1. The van der Waals surface area contributed by atoms with Crippen LogP contribution in [-0.2, 0) is 16.1 Å². The maximum absolute atomic E-state index is 12.6. The molecule has 1 aromatic heterocycles. The van der Waals surface area contributed by atoms with E-state index in [1.54, 1.807) is 19.1 Å². The number of benzene rings is 1. The highest BCUT2D eigenvalue weighted by Crippen LogP contribution is 2.31. The molecule has 2 aromatic rings. The lowest BCUT2D eigenvalue weighted by Crippen LogP contribution is -2.32. The van der Waals surface area contributed by atoms with Gasteiger partial charge in [-0.05, 0) is 12.1 Å². The van der Waals surface area contributed by atoms with Crippen molar-refractivity contribution in [2.75, 3.05) is 25.7 Å². The molecule has 2 heterocycles. The lowest BCUT2D eigenvalue weighted by molar-refractivity contribution is -0.126. The predicted octanol–water partition coefficient (Wildman–Crippen LogP) is 2.35. The van der Waals surface area contributed by atoms with Crippen molar-refractivity contribution in [3.05, 3.63) is 28.8 Å². The number of methoxy groups -OCH3 is 2. The second-order valence-electron chi connectivity index (χ2n) is 6.84. The van der Waals surface area contributed by atoms with Gasteiger partial charge in [0.15, 0.2) is 0 Å². The lowest BCUT2D eigenvalue weighted by Gasteiger charge is -2.15. The molecule has 0 aliphatic carbocycles. The maximum Gasteiger partial charge on any atom is 0.229 e. The summed E-state index contributed by atoms with van der Waals surface area (Å²) in [6.45, 7) is 4.62. The molecule has 2 amide bonds. The van der Waals surface area contributed by atoms with Crippen LogP contribution in [0.2, 0.25) is 0 Å². The van der Waals surface area contributed by atoms with Gasteiger partial charge >= 0.3 is 0 Å². The van der Waals surface area contributed by atoms with Crippen molar-refractivity contribution in [1.29, 1.82) is 0 Å². The fourth-order valence-electron chi connectivity index (χ4n) is 3.06. The number of carbonyl (C=O) groups excluding carboxylic acids is 2. The third-order valence-electron chi connectivity index (χ3n) is 4.62. The molecule has 1 fully saturated rings. The van der Waals surface area contributed by atoms with E-state index in [9.17, 15) is 9.59 Å². The average molecular weight is 404 g/mol. The van der Waals surface area contributed by atoms with Crippen LogP contribution in [0.3, 0.4) is 0 Å². The normalized spacial score (nSPS) is 16.5. The van der Waals surface area contributed by atoms with Crippen LogP contribution in [0.25, 0.3) is 0 Å². The fraction of sp³-hybridized carbons (Fsp3) is 0.474. The Morgan fingerprint density at radius 3 is 2.54 bits per heavy atom. The molecule has 28 heavy (non-hydrogen) atoms. The number of carbonyl (C=O) groups is 2. The highest BCUT2D eigenvalue weighted by Gasteiger charge is 2.37. The molecule has 1 aromatic carbocycles. The molecule has 8 nitrogen and oxygen atoms in total. The number of nitrogens with one attached hydrogen (secondary N) is 1. The summed E-state index contributed by atoms with van der Waals surface area (Å²) >= 11 is 1.39. The number of hydrogen-bond acceptors (Lipinski definition) is 7. The van der Waals surface area contributed by atoms with Crippen LogP contribution in [0.1, 0.15) is 36.8 Å². The Hall–Kier alpha value is -2.68. The zero-order valence-corrected chi connectivity index (χ0v) is 17.2. The smallest absolute Gasteiger partial charge is 0.229 e. The summed E-state index contributed by atoms with van der Waals surface area (Å²) < 4.78 is 10.7. The number of ether oxygens (including phenoxy) is 2. The minimum Gasteiger partial charge on any atom is -0.496 e. The van der Waals surface area contributed by atoms with Gasteiger partial charge in [-0.15, -0.1) is 10.2 Å². The second-order valence-corrected chi connectivity index (χ2v) is 7.83. The van der Waals surface area contributed by atoms with E-state index in [0.717, 1.165) is 10.6 Å². The molecular formula is C19H24N4O4S. The average Bonchev–Trinajstić information content (AvgIpc) is 3.32. The first-order valence-corrected chi connectivity index (χ1v) is 9.87. The first-order chi connectivity index (χ1) is 13.4. The topological polar surface area (TPSA) is 93.6 Å². The van der Waals surface area contributed by atoms with Gasteiger partial charge in [-0.2, -0.15) is 0 Å². The van der Waals surface area contributed by atoms with Crippen LogP contribution in [0.4, 0.5) is 5.13 Å². The number of hydrogen-bond donors (Lipinski definition) is 1. The molecule has 1 aliphatic heterocycles. The fourth-order valence-corrected chi connectivity index (χ4v) is 3.93. The summed E-state index contributed by atoms with van der Waals surface area (Å²) in [5, 5.41) is 12.6. The maximum atomic E-state index is 12.6. The molecule has 1 atom stereocenters. The van der Waals surface area contributed by atoms with Crippen LogP contribution in [0.5, 0.6) is 11.5 Å². The molecule has 1 N–H and O–H groups in total. The third kappa shape index (κ3) is 4.09. The van der Waals surface area contributed by atoms with Crippen molar-refractivity contribution in [2.45, 2.75) is 32.7 Å². The Morgan fingerprint density at radius 2 is 1.96 bits per heavy atom. The van der Waals surface area contributed by atoms with Gasteiger partial charge in [-0.25, -0.2) is 0 Å². The summed E-state index contributed by atoms with van der Waals surface area (Å²) in [5.41, 5.74) is 0.757. The monoisotopic (exact) mass is 404 g/mol. The predicted molar refractivity (Wildman–Crippen MR) is 106 cm³/mol. The summed E-state index contributed by atoms with van der Waals surface area (Å²) in [6, 6.07) is 5.45. The minimum absolute atomic E-state index is 0.110. The van der Waals surface area contributed by atoms with Gasteiger partial charge in [0.1, 0.15) is 16.5 Å². The molecule has 0 saturated carbocycles. The Bertz CT molecular complexity index is 845. The van der Waals surface area contributed by atoms with Crippen LogP contribution in [0, 0.1) is 5.92 Å². The van der Waals surface area contributed by atoms with E-state index >= 15 is 0 Å². The van der Waals surface area contributed by atoms with E-state index < -0.39 is 5.92 Å². The van der Waals surface area contributed by atoms with Crippen molar-refractivity contribution in [1.82, 2.24) is 15.5 Å². The summed E-state index contributed by atoms with van der Waals surface area (Å²) in [4.78, 5) is 26.6. The Kier molecular flexibility index (Phi) is 6.13. The molecule has 1 aliphatic rings. The van der Waals surface area contributed by atoms with Gasteiger partial charge in [0, 0.05) is 18.9 Å². The van der Waals surface area contributed by atoms with Crippen LogP contribution in [-0.4, -0.2) is 42.8 Å². The summed E-state index contributed by atoms with van der Waals surface area (Å²) in [6.07, 6.45) is 0.158. The zero-order chi connectivity index (χ0) is 20.3. The number of aromatic nitrogens is 2. The molecule has 1 saturated heterocycles. The largest absolute Gasteiger partial charge is 0.496 e. The Morgan fingerprint density at radius 1 is 1.29 bits per heavy atom. The Balaban J connectivity index is 1.65. The van der Waals surface area contributed by atoms with E-state index in [2.05, 4.69) is 15.5 Å². The van der Waals surface area contributed by atoms with Gasteiger partial charge in [-0.1, -0.05) is 31.3 Å². The van der Waals surface area contributed by atoms with Gasteiger partial charge in [0.05, 0.1) is 32.2 Å². The first kappa shape index (κ1) is 20.1. The zero-order valence-electron chi connectivity index (χ0n) is 16.4. The first-order valence-electron chi connectivity index (χ1n) is 9.06. The summed E-state index contributed by atoms with van der Waals surface area (Å²) in [5.74, 6) is 0.801. The van der Waals surface area contributed by atoms with E-state index in [1.807, 2.05) is 32.0 Å². The van der Waals surface area contributed by atoms with Gasteiger partial charge < -0.3 is 14.8 Å². The van der Waals surface area contributed by atoms with Gasteiger partial charge in [-0.3, -0.25) is 14.5 Å². The van der Waals surface area contributed by atoms with Crippen molar-refractivity contribution in [2.24, 2.45) is 5.92 Å². The van der Waals surface area contributed by atoms with Crippen LogP contribution in [0.15, 0.2) is 18.2 Å². The van der Waals surface area contributed by atoms with Crippen LogP contribution >= 0.6 is 11.3 Å². The van der Waals surface area contributed by atoms with E-state index in [0.29, 0.717) is 23.2 Å². The minimum atomic E-state index is -0.431. The molecule has 0 spiro atoms. The number of nitrogens with zero attached hydrogens (tertiary/aromatic N) is 3. The molecule has 1 unspecified atom stereocenters. The standard InChI is InChI=1S/C19H24N4O4S/c1-11(2)18-21-22-19(28-18)23-10-12(8-16(23)24)17(25)20-9-13-14(26-3)6-5-7-15(13)27-4/h5-7,11-12H,8-10H2,1-4H3,(H,20,25). The molecule has 3 rings (SSSR count). The van der Waals surface area contributed by atoms with Crippen molar-refractivity contribution in [3.63, 3.8) is 0 Å². The molecule has 0 radical (unpaired) electrons. The Labute approximate surface area is 167 Å². The summed E-state index contributed by atoms with van der Waals surface area (Å²) in [7, 11) is 3.14. The number of amides is 2. The molecule has 150 valence electrons. The molecule has 0 bridgehead atoms. The highest BCUT2D eigenvalue weighted by molar-refractivity contribution is 7.15. The van der Waals surface area contributed by atoms with E-state index in [4.69, 9.17) is 9.47 Å². The number of rotatable bonds is 7. The van der Waals surface area contributed by atoms with Gasteiger partial charge in [0.2, 0.25) is 16.9 Å². The third-order valence-corrected chi connectivity index (χ3v) is 5.87. The van der Waals surface area contributed by atoms with E-state index in [-0.39, 0.29) is 30.7 Å². The lowest BCUT2D eigenvalue weighted by atomic mass is 10.1. The van der Waals surface area contributed by atoms with Crippen molar-refractivity contribution >= 4 is 28.3 Å². The molecule has 9 heteroatoms. The van der Waals surface area contributed by atoms with E-state index in [1.165, 1.54) is 11.3 Å². The SMILES string of the molecule is COc1cccc(OC)c1CNC(=O)C1CC(=O)N(c2nnc(C(C)C)s2)C1. The number of anilines is 1. The quantitative estimate of drug-likeness (QED) is 0.761.